The number of carbonyl (C=O) groups is 6. The predicted molar refractivity (Wildman–Crippen MR) is 226 cm³/mol. The Balaban J connectivity index is -0.000000294. The molecule has 0 bridgehead atoms. The van der Waals surface area contributed by atoms with Crippen LogP contribution in [0.4, 0.5) is 0 Å². The van der Waals surface area contributed by atoms with E-state index in [1.807, 2.05) is 0 Å². The van der Waals surface area contributed by atoms with Gasteiger partial charge in [-0.1, -0.05) is 155 Å². The van der Waals surface area contributed by atoms with E-state index >= 15 is 0 Å². The molecule has 0 aliphatic heterocycles. The molecule has 0 fully saturated rings. The van der Waals surface area contributed by atoms with Crippen LogP contribution in [0, 0.1) is 0 Å². The Morgan fingerprint density at radius 3 is 0.782 bits per heavy atom. The summed E-state index contributed by atoms with van der Waals surface area (Å²) in [5.41, 5.74) is 0. The van der Waals surface area contributed by atoms with Crippen molar-refractivity contribution in [2.75, 3.05) is 0 Å². The van der Waals surface area contributed by atoms with E-state index in [4.69, 9.17) is 20.4 Å². The van der Waals surface area contributed by atoms with Gasteiger partial charge in [-0.25, -0.2) is 9.59 Å². The zero-order valence-electron chi connectivity index (χ0n) is 32.6. The topological polar surface area (TPSA) is 207 Å². The maximum absolute atomic E-state index is 11.8. The number of nitrogens with one attached hydrogen (secondary N) is 2. The maximum atomic E-state index is 11.8. The van der Waals surface area contributed by atoms with Gasteiger partial charge in [-0.3, -0.25) is 19.2 Å². The monoisotopic (exact) mass is 815 g/mol. The van der Waals surface area contributed by atoms with E-state index < -0.39 is 36.0 Å². The third kappa shape index (κ3) is 49.9. The summed E-state index contributed by atoms with van der Waals surface area (Å²) in [4.78, 5) is 66.5. The van der Waals surface area contributed by atoms with Crippen LogP contribution in [0.5, 0.6) is 0 Å². The summed E-state index contributed by atoms with van der Waals surface area (Å²) in [7, 11) is 0. The van der Waals surface area contributed by atoms with Crippen LogP contribution in [0.3, 0.4) is 0 Å². The molecule has 310 valence electrons. The van der Waals surface area contributed by atoms with Gasteiger partial charge in [0.05, 0.1) is 0 Å². The molecule has 0 saturated carbocycles. The van der Waals surface area contributed by atoms with Gasteiger partial charge >= 0.3 is 113 Å². The molecule has 0 saturated heterocycles. The van der Waals surface area contributed by atoms with Gasteiger partial charge in [-0.2, -0.15) is 0 Å². The van der Waals surface area contributed by atoms with Gasteiger partial charge in [-0.05, 0) is 25.7 Å². The second-order valence-electron chi connectivity index (χ2n) is 14.1. The summed E-state index contributed by atoms with van der Waals surface area (Å²) in [6, 6.07) is -2.23. The third-order valence-electron chi connectivity index (χ3n) is 9.08. The fraction of sp³-hybridized carbons (Fsp3) is 0.850. The van der Waals surface area contributed by atoms with Crippen molar-refractivity contribution < 1.29 is 49.2 Å². The van der Waals surface area contributed by atoms with Gasteiger partial charge in [0.2, 0.25) is 11.8 Å². The Morgan fingerprint density at radius 1 is 0.364 bits per heavy atom. The van der Waals surface area contributed by atoms with Gasteiger partial charge in [0.15, 0.2) is 0 Å². The normalized spacial score (nSPS) is 11.2. The molecule has 15 heteroatoms. The summed E-state index contributed by atoms with van der Waals surface area (Å²) in [6.45, 7) is 4.45. The molecule has 0 aromatic rings. The predicted octanol–water partition coefficient (Wildman–Crippen LogP) is 7.08. The summed E-state index contributed by atoms with van der Waals surface area (Å²) >= 11 is 0. The van der Waals surface area contributed by atoms with Gasteiger partial charge in [0, 0.05) is 25.7 Å². The molecule has 0 aromatic carbocycles. The van der Waals surface area contributed by atoms with Crippen LogP contribution < -0.4 is 10.6 Å². The van der Waals surface area contributed by atoms with Gasteiger partial charge in [-0.15, -0.1) is 0 Å². The number of carboxylic acid groups (broad SMARTS) is 4. The Bertz CT molecular complexity index is 960. The fourth-order valence-corrected chi connectivity index (χ4v) is 5.84. The van der Waals surface area contributed by atoms with Gasteiger partial charge in [0.1, 0.15) is 12.1 Å². The quantitative estimate of drug-likeness (QED) is 0.0280. The number of carbonyl (C=O) groups excluding carboxylic acids is 2. The van der Waals surface area contributed by atoms with Crippen LogP contribution in [0.1, 0.15) is 206 Å². The summed E-state index contributed by atoms with van der Waals surface area (Å²) in [6.07, 6.45) is 29.1. The van der Waals surface area contributed by atoms with Crippen molar-refractivity contribution in [3.63, 3.8) is 0 Å². The number of hydrogen-bond donors (Lipinski definition) is 6. The van der Waals surface area contributed by atoms with E-state index in [0.717, 1.165) is 38.5 Å². The van der Waals surface area contributed by atoms with Gasteiger partial charge < -0.3 is 31.1 Å². The van der Waals surface area contributed by atoms with E-state index in [1.165, 1.54) is 116 Å². The molecule has 2 unspecified atom stereocenters. The number of amides is 2. The molecule has 0 rings (SSSR count). The number of hydrogen-bond acceptors (Lipinski definition) is 6. The van der Waals surface area contributed by atoms with Crippen LogP contribution in [0.15, 0.2) is 0 Å². The number of rotatable bonds is 36. The van der Waals surface area contributed by atoms with E-state index in [2.05, 4.69) is 24.5 Å². The molecule has 0 aromatic heterocycles. The van der Waals surface area contributed by atoms with Crippen molar-refractivity contribution in [1.82, 2.24) is 10.6 Å². The number of aliphatic carboxylic acids is 4. The Morgan fingerprint density at radius 2 is 0.582 bits per heavy atom. The van der Waals surface area contributed by atoms with Crippen LogP contribution >= 0.6 is 0 Å². The standard InChI is InChI=1S/C23H43NO5.C17H31NO5.3Na.3H/c1-2-3-4-5-6-7-8-9-10-11-12-13-14-15-16-17-21(25)24-20(23(28)29)18-19-22(26)27;1-2-3-4-5-6-7-8-9-10-11-15(19)18-14(17(22)23)12-13-16(20)21;;;;;;/h20H,2-19H2,1H3,(H,24,25)(H,26,27)(H,28,29);14H,2-13H2,1H3,(H,18,19)(H,20,21)(H,22,23);;;;;;. The molecule has 0 radical (unpaired) electrons. The van der Waals surface area contributed by atoms with Crippen molar-refractivity contribution in [2.24, 2.45) is 0 Å². The van der Waals surface area contributed by atoms with Crippen LogP contribution in [-0.2, 0) is 28.8 Å². The zero-order chi connectivity index (χ0) is 39.2. The van der Waals surface area contributed by atoms with Crippen molar-refractivity contribution in [1.29, 1.82) is 0 Å². The second kappa shape index (κ2) is 48.2. The molecule has 55 heavy (non-hydrogen) atoms. The molecule has 0 aliphatic carbocycles. The molecule has 6 N–H and O–H groups in total. The Hall–Kier alpha value is -0.180. The summed E-state index contributed by atoms with van der Waals surface area (Å²) in [5, 5.41) is 40.0. The fourth-order valence-electron chi connectivity index (χ4n) is 5.84. The van der Waals surface area contributed by atoms with Crippen LogP contribution in [-0.4, -0.2) is 157 Å². The zero-order valence-corrected chi connectivity index (χ0v) is 32.6. The number of unbranched alkanes of at least 4 members (excludes halogenated alkanes) is 22. The van der Waals surface area contributed by atoms with E-state index in [0.29, 0.717) is 12.8 Å². The first-order valence-corrected chi connectivity index (χ1v) is 20.4. The molecule has 2 atom stereocenters. The molecule has 2 amide bonds. The molecule has 12 nitrogen and oxygen atoms in total. The molecular weight excluding hydrogens is 737 g/mol. The van der Waals surface area contributed by atoms with Crippen molar-refractivity contribution in [3.8, 4) is 0 Å². The first-order valence-electron chi connectivity index (χ1n) is 20.4. The van der Waals surface area contributed by atoms with Crippen molar-refractivity contribution >= 4 is 124 Å². The molecule has 0 aliphatic rings. The molecule has 0 spiro atoms. The minimum atomic E-state index is -1.19. The van der Waals surface area contributed by atoms with E-state index in [9.17, 15) is 28.8 Å². The number of carboxylic acids is 4. The third-order valence-corrected chi connectivity index (χ3v) is 9.08. The summed E-state index contributed by atoms with van der Waals surface area (Å²) < 4.78 is 0. The average molecular weight is 815 g/mol. The first-order chi connectivity index (χ1) is 24.9. The average Bonchev–Trinajstić information content (AvgIpc) is 3.09. The second-order valence-corrected chi connectivity index (χ2v) is 14.1. The van der Waals surface area contributed by atoms with Crippen molar-refractivity contribution in [3.05, 3.63) is 0 Å². The van der Waals surface area contributed by atoms with Crippen molar-refractivity contribution in [2.45, 2.75) is 219 Å². The van der Waals surface area contributed by atoms with E-state index in [1.54, 1.807) is 0 Å². The molecular formula is C40H77N2Na3O10. The van der Waals surface area contributed by atoms with Gasteiger partial charge in [0.25, 0.3) is 0 Å². The Labute approximate surface area is 398 Å². The molecule has 0 heterocycles. The minimum absolute atomic E-state index is 0. The van der Waals surface area contributed by atoms with E-state index in [-0.39, 0.29) is 126 Å². The Kier molecular flexibility index (Phi) is 56.1. The van der Waals surface area contributed by atoms with Crippen LogP contribution in [0.25, 0.3) is 0 Å². The van der Waals surface area contributed by atoms with Crippen LogP contribution in [0.2, 0.25) is 0 Å². The SMILES string of the molecule is CCCCCCCCCCCC(=O)NC(CCC(=O)O)C(=O)O.CCCCCCCCCCCCCCCCCC(=O)NC(CCC(=O)O)C(=O)O.[NaH].[NaH].[NaH]. The first kappa shape index (κ1) is 64.0. The summed E-state index contributed by atoms with van der Waals surface area (Å²) in [5.74, 6) is -5.12.